The van der Waals surface area contributed by atoms with Crippen LogP contribution in [-0.4, -0.2) is 5.11 Å². The van der Waals surface area contributed by atoms with Crippen molar-refractivity contribution in [1.82, 2.24) is 0 Å². The van der Waals surface area contributed by atoms with Crippen LogP contribution in [0.3, 0.4) is 0 Å². The molecule has 2 aromatic carbocycles. The van der Waals surface area contributed by atoms with Crippen LogP contribution in [0, 0.1) is 23.3 Å². The van der Waals surface area contributed by atoms with Crippen LogP contribution >= 0.6 is 0 Å². The summed E-state index contributed by atoms with van der Waals surface area (Å²) in [5.74, 6) is -3.90. The third-order valence-electron chi connectivity index (χ3n) is 5.21. The van der Waals surface area contributed by atoms with Crippen molar-refractivity contribution >= 4 is 5.57 Å². The number of aliphatic hydroxyl groups excluding tert-OH is 1. The second kappa shape index (κ2) is 8.26. The number of allylic oxidation sites excluding steroid dienone is 2. The van der Waals surface area contributed by atoms with E-state index in [0.717, 1.165) is 6.07 Å². The highest BCUT2D eigenvalue weighted by Gasteiger charge is 2.25. The van der Waals surface area contributed by atoms with Gasteiger partial charge >= 0.3 is 0 Å². The fourth-order valence-electron chi connectivity index (χ4n) is 3.70. The Bertz CT molecular complexity index is 860. The molecule has 0 heterocycles. The number of hydrogen-bond acceptors (Lipinski definition) is 1. The Morgan fingerprint density at radius 2 is 1.81 bits per heavy atom. The van der Waals surface area contributed by atoms with Gasteiger partial charge in [-0.25, -0.2) is 17.6 Å². The summed E-state index contributed by atoms with van der Waals surface area (Å²) in [6.45, 7) is 1.86. The van der Waals surface area contributed by atoms with Crippen molar-refractivity contribution in [3.8, 4) is 0 Å². The molecule has 0 saturated heterocycles. The highest BCUT2D eigenvalue weighted by Crippen LogP contribution is 2.39. The van der Waals surface area contributed by atoms with E-state index in [1.54, 1.807) is 12.1 Å². The molecule has 0 aromatic heterocycles. The molecule has 3 rings (SSSR count). The van der Waals surface area contributed by atoms with Gasteiger partial charge in [-0.2, -0.15) is 0 Å². The van der Waals surface area contributed by atoms with E-state index >= 15 is 0 Å². The smallest absolute Gasteiger partial charge is 0.166 e. The molecule has 2 aromatic rings. The average Bonchev–Trinajstić information content (AvgIpc) is 2.66. The molecule has 0 fully saturated rings. The van der Waals surface area contributed by atoms with Gasteiger partial charge in [0, 0.05) is 11.1 Å². The monoisotopic (exact) mass is 378 g/mol. The first kappa shape index (κ1) is 19.6. The molecule has 0 saturated carbocycles. The summed E-state index contributed by atoms with van der Waals surface area (Å²) in [7, 11) is 0. The van der Waals surface area contributed by atoms with E-state index in [-0.39, 0.29) is 17.0 Å². The first-order valence-corrected chi connectivity index (χ1v) is 9.23. The highest BCUT2D eigenvalue weighted by molar-refractivity contribution is 5.67. The predicted molar refractivity (Wildman–Crippen MR) is 97.2 cm³/mol. The quantitative estimate of drug-likeness (QED) is 0.595. The van der Waals surface area contributed by atoms with E-state index in [1.807, 2.05) is 6.92 Å². The fraction of sp³-hybridized carbons (Fsp3) is 0.364. The maximum atomic E-state index is 14.5. The van der Waals surface area contributed by atoms with Crippen LogP contribution in [0.25, 0.3) is 5.57 Å². The van der Waals surface area contributed by atoms with Crippen LogP contribution in [0.4, 0.5) is 17.6 Å². The molecule has 0 spiro atoms. The average molecular weight is 378 g/mol. The topological polar surface area (TPSA) is 20.2 Å². The molecule has 0 bridgehead atoms. The van der Waals surface area contributed by atoms with Crippen molar-refractivity contribution in [2.75, 3.05) is 0 Å². The zero-order valence-corrected chi connectivity index (χ0v) is 15.1. The molecule has 144 valence electrons. The molecule has 0 aliphatic heterocycles. The van der Waals surface area contributed by atoms with Gasteiger partial charge in [-0.05, 0) is 48.8 Å². The van der Waals surface area contributed by atoms with Crippen LogP contribution < -0.4 is 0 Å². The molecule has 1 aliphatic carbocycles. The summed E-state index contributed by atoms with van der Waals surface area (Å²) < 4.78 is 56.3. The summed E-state index contributed by atoms with van der Waals surface area (Å²) in [5.41, 5.74) is 1.10. The van der Waals surface area contributed by atoms with Crippen molar-refractivity contribution in [2.45, 2.75) is 51.0 Å². The molecular weight excluding hydrogens is 356 g/mol. The molecule has 1 nitrogen and oxygen atoms in total. The number of halogens is 4. The van der Waals surface area contributed by atoms with Crippen molar-refractivity contribution < 1.29 is 22.7 Å². The van der Waals surface area contributed by atoms with Crippen molar-refractivity contribution in [1.29, 1.82) is 0 Å². The van der Waals surface area contributed by atoms with Crippen molar-refractivity contribution in [3.63, 3.8) is 0 Å². The number of hydrogen-bond donors (Lipinski definition) is 1. The van der Waals surface area contributed by atoms with Gasteiger partial charge in [0.2, 0.25) is 0 Å². The third-order valence-corrected chi connectivity index (χ3v) is 5.21. The second-order valence-corrected chi connectivity index (χ2v) is 6.98. The molecule has 0 amide bonds. The minimum atomic E-state index is -1.03. The number of benzene rings is 2. The van der Waals surface area contributed by atoms with Crippen LogP contribution in [0.5, 0.6) is 0 Å². The SMILES string of the molecule is CCCC(O)c1ccc(C2=CCC(c3cccc(F)c3F)CC2)c(F)c1F. The summed E-state index contributed by atoms with van der Waals surface area (Å²) in [6.07, 6.45) is 3.14. The molecule has 2 atom stereocenters. The summed E-state index contributed by atoms with van der Waals surface area (Å²) >= 11 is 0. The molecule has 2 unspecified atom stereocenters. The van der Waals surface area contributed by atoms with E-state index in [9.17, 15) is 22.7 Å². The normalized spacial score (nSPS) is 18.3. The number of aliphatic hydroxyl groups is 1. The van der Waals surface area contributed by atoms with Crippen LogP contribution in [-0.2, 0) is 0 Å². The van der Waals surface area contributed by atoms with Gasteiger partial charge < -0.3 is 5.11 Å². The number of rotatable bonds is 5. The zero-order chi connectivity index (χ0) is 19.6. The van der Waals surface area contributed by atoms with E-state index in [4.69, 9.17) is 0 Å². The lowest BCUT2D eigenvalue weighted by molar-refractivity contribution is 0.160. The lowest BCUT2D eigenvalue weighted by atomic mass is 9.82. The fourth-order valence-corrected chi connectivity index (χ4v) is 3.70. The van der Waals surface area contributed by atoms with Gasteiger partial charge in [-0.15, -0.1) is 0 Å². The third kappa shape index (κ3) is 3.93. The Kier molecular flexibility index (Phi) is 6.00. The molecule has 1 aliphatic rings. The van der Waals surface area contributed by atoms with Crippen LogP contribution in [0.15, 0.2) is 36.4 Å². The van der Waals surface area contributed by atoms with E-state index in [0.29, 0.717) is 43.2 Å². The Hall–Kier alpha value is -2.14. The van der Waals surface area contributed by atoms with Gasteiger partial charge in [-0.3, -0.25) is 0 Å². The first-order valence-electron chi connectivity index (χ1n) is 9.23. The van der Waals surface area contributed by atoms with E-state index in [1.165, 1.54) is 18.2 Å². The summed E-state index contributed by atoms with van der Waals surface area (Å²) in [4.78, 5) is 0. The molecule has 0 radical (unpaired) electrons. The first-order chi connectivity index (χ1) is 12.9. The minimum absolute atomic E-state index is 0.0331. The maximum Gasteiger partial charge on any atom is 0.166 e. The molecular formula is C22H22F4O. The molecule has 1 N–H and O–H groups in total. The zero-order valence-electron chi connectivity index (χ0n) is 15.1. The second-order valence-electron chi connectivity index (χ2n) is 6.98. The molecule has 27 heavy (non-hydrogen) atoms. The van der Waals surface area contributed by atoms with E-state index in [2.05, 4.69) is 0 Å². The van der Waals surface area contributed by atoms with Gasteiger partial charge in [-0.1, -0.05) is 43.7 Å². The minimum Gasteiger partial charge on any atom is -0.388 e. The Balaban J connectivity index is 1.83. The summed E-state index contributed by atoms with van der Waals surface area (Å²) in [6, 6.07) is 7.03. The highest BCUT2D eigenvalue weighted by atomic mass is 19.2. The van der Waals surface area contributed by atoms with Gasteiger partial charge in [0.15, 0.2) is 23.3 Å². The Morgan fingerprint density at radius 1 is 1.04 bits per heavy atom. The largest absolute Gasteiger partial charge is 0.388 e. The lowest BCUT2D eigenvalue weighted by Gasteiger charge is -2.24. The Morgan fingerprint density at radius 3 is 2.48 bits per heavy atom. The predicted octanol–water partition coefficient (Wildman–Crippen LogP) is 6.43. The summed E-state index contributed by atoms with van der Waals surface area (Å²) in [5, 5.41) is 9.95. The van der Waals surface area contributed by atoms with Gasteiger partial charge in [0.05, 0.1) is 6.10 Å². The van der Waals surface area contributed by atoms with Crippen LogP contribution in [0.1, 0.15) is 67.7 Å². The van der Waals surface area contributed by atoms with E-state index < -0.39 is 29.4 Å². The standard InChI is InChI=1S/C22H22F4O/c1-2-4-19(27)17-12-11-16(21(25)22(17)26)14-9-7-13(8-10-14)15-5-3-6-18(23)20(15)24/h3,5-6,9,11-13,19,27H,2,4,7-8,10H2,1H3. The maximum absolute atomic E-state index is 14.5. The van der Waals surface area contributed by atoms with Gasteiger partial charge in [0.1, 0.15) is 0 Å². The van der Waals surface area contributed by atoms with Crippen molar-refractivity contribution in [2.24, 2.45) is 0 Å². The Labute approximate surface area is 156 Å². The van der Waals surface area contributed by atoms with Crippen LogP contribution in [0.2, 0.25) is 0 Å². The van der Waals surface area contributed by atoms with Crippen molar-refractivity contribution in [3.05, 3.63) is 76.4 Å². The molecule has 5 heteroatoms. The van der Waals surface area contributed by atoms with Gasteiger partial charge in [0.25, 0.3) is 0 Å². The lowest BCUT2D eigenvalue weighted by Crippen LogP contribution is -2.09.